The second-order valence-corrected chi connectivity index (χ2v) is 6.91. The Balaban J connectivity index is 1.91. The molecule has 5 heteroatoms. The molecule has 0 spiro atoms. The van der Waals surface area contributed by atoms with Gasteiger partial charge < -0.3 is 10.4 Å². The molecular weight excluding hydrogens is 268 g/mol. The molecule has 1 heterocycles. The number of amides is 1. The van der Waals surface area contributed by atoms with E-state index in [2.05, 4.69) is 19.2 Å². The fraction of sp³-hybridized carbons (Fsp3) is 0.875. The Hall–Kier alpha value is -1.10. The van der Waals surface area contributed by atoms with Crippen LogP contribution in [0.25, 0.3) is 0 Å². The van der Waals surface area contributed by atoms with Gasteiger partial charge >= 0.3 is 5.97 Å². The lowest BCUT2D eigenvalue weighted by molar-refractivity contribution is -0.143. The number of nitrogens with zero attached hydrogens (tertiary/aromatic N) is 1. The normalized spacial score (nSPS) is 29.4. The topological polar surface area (TPSA) is 69.6 Å². The molecule has 21 heavy (non-hydrogen) atoms. The van der Waals surface area contributed by atoms with Crippen molar-refractivity contribution in [3.63, 3.8) is 0 Å². The summed E-state index contributed by atoms with van der Waals surface area (Å²) >= 11 is 0. The lowest BCUT2D eigenvalue weighted by Crippen LogP contribution is -2.47. The van der Waals surface area contributed by atoms with E-state index < -0.39 is 12.0 Å². The van der Waals surface area contributed by atoms with Crippen molar-refractivity contribution in [3.05, 3.63) is 0 Å². The lowest BCUT2D eigenvalue weighted by atomic mass is 9.85. The summed E-state index contributed by atoms with van der Waals surface area (Å²) in [6, 6.07) is -0.190. The first-order valence-electron chi connectivity index (χ1n) is 8.24. The highest BCUT2D eigenvalue weighted by atomic mass is 16.4. The second-order valence-electron chi connectivity index (χ2n) is 6.91. The molecule has 3 unspecified atom stereocenters. The standard InChI is InChI=1S/C16H28N2O3/c1-11(2)7-8-17-15(19)10-18-13-6-4-3-5-12(13)9-14(18)16(20)21/h11-14H,3-10H2,1-2H3,(H,17,19)(H,20,21). The Morgan fingerprint density at radius 2 is 2.00 bits per heavy atom. The molecular formula is C16H28N2O3. The first-order chi connectivity index (χ1) is 9.99. The summed E-state index contributed by atoms with van der Waals surface area (Å²) < 4.78 is 0. The molecule has 1 amide bonds. The van der Waals surface area contributed by atoms with Crippen LogP contribution >= 0.6 is 0 Å². The molecule has 2 rings (SSSR count). The van der Waals surface area contributed by atoms with Gasteiger partial charge in [0.25, 0.3) is 0 Å². The average molecular weight is 296 g/mol. The van der Waals surface area contributed by atoms with Crippen molar-refractivity contribution >= 4 is 11.9 Å². The summed E-state index contributed by atoms with van der Waals surface area (Å²) in [6.45, 7) is 5.16. The van der Waals surface area contributed by atoms with Crippen LogP contribution in [0.1, 0.15) is 52.4 Å². The number of fused-ring (bicyclic) bond motifs is 1. The van der Waals surface area contributed by atoms with Gasteiger partial charge in [-0.2, -0.15) is 0 Å². The van der Waals surface area contributed by atoms with Gasteiger partial charge in [-0.25, -0.2) is 0 Å². The minimum atomic E-state index is -0.778. The second kappa shape index (κ2) is 7.25. The number of carboxylic acid groups (broad SMARTS) is 1. The van der Waals surface area contributed by atoms with Crippen LogP contribution < -0.4 is 5.32 Å². The van der Waals surface area contributed by atoms with E-state index in [1.165, 1.54) is 6.42 Å². The predicted octanol–water partition coefficient (Wildman–Crippen LogP) is 1.87. The van der Waals surface area contributed by atoms with Gasteiger partial charge in [0.2, 0.25) is 5.91 Å². The van der Waals surface area contributed by atoms with E-state index in [1.807, 2.05) is 4.90 Å². The quantitative estimate of drug-likeness (QED) is 0.785. The van der Waals surface area contributed by atoms with E-state index in [9.17, 15) is 14.7 Å². The van der Waals surface area contributed by atoms with Crippen LogP contribution in [0.5, 0.6) is 0 Å². The number of carboxylic acids is 1. The van der Waals surface area contributed by atoms with Crippen molar-refractivity contribution < 1.29 is 14.7 Å². The maximum atomic E-state index is 12.1. The molecule has 1 saturated heterocycles. The van der Waals surface area contributed by atoms with Crippen LogP contribution in [-0.4, -0.2) is 47.1 Å². The van der Waals surface area contributed by atoms with E-state index in [4.69, 9.17) is 0 Å². The monoisotopic (exact) mass is 296 g/mol. The van der Waals surface area contributed by atoms with Crippen molar-refractivity contribution in [1.29, 1.82) is 0 Å². The molecule has 2 aliphatic rings. The molecule has 0 aromatic rings. The molecule has 0 radical (unpaired) electrons. The van der Waals surface area contributed by atoms with Crippen molar-refractivity contribution in [2.45, 2.75) is 64.5 Å². The zero-order chi connectivity index (χ0) is 15.4. The van der Waals surface area contributed by atoms with Gasteiger partial charge in [0, 0.05) is 12.6 Å². The Kier molecular flexibility index (Phi) is 5.62. The Bertz CT molecular complexity index is 384. The van der Waals surface area contributed by atoms with Gasteiger partial charge in [-0.1, -0.05) is 26.7 Å². The number of carbonyl (C=O) groups is 2. The Morgan fingerprint density at radius 1 is 1.29 bits per heavy atom. The van der Waals surface area contributed by atoms with Crippen molar-refractivity contribution in [2.24, 2.45) is 11.8 Å². The van der Waals surface area contributed by atoms with Gasteiger partial charge in [-0.3, -0.25) is 14.5 Å². The number of rotatable bonds is 6. The first-order valence-corrected chi connectivity index (χ1v) is 8.24. The zero-order valence-electron chi connectivity index (χ0n) is 13.2. The van der Waals surface area contributed by atoms with Crippen molar-refractivity contribution in [2.75, 3.05) is 13.1 Å². The van der Waals surface area contributed by atoms with E-state index in [1.54, 1.807) is 0 Å². The summed E-state index contributed by atoms with van der Waals surface area (Å²) in [5.41, 5.74) is 0. The van der Waals surface area contributed by atoms with Crippen LogP contribution in [0.15, 0.2) is 0 Å². The van der Waals surface area contributed by atoms with Crippen LogP contribution in [0.3, 0.4) is 0 Å². The zero-order valence-corrected chi connectivity index (χ0v) is 13.2. The molecule has 0 bridgehead atoms. The van der Waals surface area contributed by atoms with E-state index in [0.29, 0.717) is 24.8 Å². The van der Waals surface area contributed by atoms with E-state index in [-0.39, 0.29) is 18.5 Å². The highest BCUT2D eigenvalue weighted by Crippen LogP contribution is 2.39. The van der Waals surface area contributed by atoms with Gasteiger partial charge in [-0.15, -0.1) is 0 Å². The average Bonchev–Trinajstić information content (AvgIpc) is 2.77. The molecule has 1 aliphatic heterocycles. The van der Waals surface area contributed by atoms with Gasteiger partial charge in [0.15, 0.2) is 0 Å². The largest absolute Gasteiger partial charge is 0.480 e. The van der Waals surface area contributed by atoms with Gasteiger partial charge in [0.05, 0.1) is 6.54 Å². The molecule has 1 aliphatic carbocycles. The summed E-state index contributed by atoms with van der Waals surface area (Å²) in [6.07, 6.45) is 6.16. The van der Waals surface area contributed by atoms with Crippen LogP contribution in [-0.2, 0) is 9.59 Å². The molecule has 0 aromatic carbocycles. The van der Waals surface area contributed by atoms with Crippen LogP contribution in [0.4, 0.5) is 0 Å². The number of hydrogen-bond acceptors (Lipinski definition) is 3. The number of likely N-dealkylation sites (tertiary alicyclic amines) is 1. The fourth-order valence-electron chi connectivity index (χ4n) is 3.75. The Morgan fingerprint density at radius 3 is 2.67 bits per heavy atom. The van der Waals surface area contributed by atoms with E-state index in [0.717, 1.165) is 25.7 Å². The van der Waals surface area contributed by atoms with Gasteiger partial charge in [0.1, 0.15) is 6.04 Å². The summed E-state index contributed by atoms with van der Waals surface area (Å²) in [5, 5.41) is 12.3. The molecule has 120 valence electrons. The lowest BCUT2D eigenvalue weighted by Gasteiger charge is -2.32. The highest BCUT2D eigenvalue weighted by Gasteiger charge is 2.45. The molecule has 0 aromatic heterocycles. The molecule has 1 saturated carbocycles. The molecule has 5 nitrogen and oxygen atoms in total. The third kappa shape index (κ3) is 4.19. The van der Waals surface area contributed by atoms with Crippen LogP contribution in [0, 0.1) is 11.8 Å². The highest BCUT2D eigenvalue weighted by molar-refractivity contribution is 5.80. The smallest absolute Gasteiger partial charge is 0.320 e. The number of aliphatic carboxylic acids is 1. The third-order valence-electron chi connectivity index (χ3n) is 4.88. The maximum Gasteiger partial charge on any atom is 0.320 e. The first kappa shape index (κ1) is 16.3. The summed E-state index contributed by atoms with van der Waals surface area (Å²) in [5.74, 6) is 0.211. The number of nitrogens with one attached hydrogen (secondary N) is 1. The van der Waals surface area contributed by atoms with Gasteiger partial charge in [-0.05, 0) is 37.5 Å². The fourth-order valence-corrected chi connectivity index (χ4v) is 3.75. The minimum absolute atomic E-state index is 0.0341. The number of carbonyl (C=O) groups excluding carboxylic acids is 1. The Labute approximate surface area is 127 Å². The SMILES string of the molecule is CC(C)CCNC(=O)CN1C(C(=O)O)CC2CCCCC21. The molecule has 2 fully saturated rings. The predicted molar refractivity (Wildman–Crippen MR) is 81.0 cm³/mol. The summed E-state index contributed by atoms with van der Waals surface area (Å²) in [7, 11) is 0. The third-order valence-corrected chi connectivity index (χ3v) is 4.88. The maximum absolute atomic E-state index is 12.1. The van der Waals surface area contributed by atoms with E-state index >= 15 is 0 Å². The summed E-state index contributed by atoms with van der Waals surface area (Å²) in [4.78, 5) is 25.5. The van der Waals surface area contributed by atoms with Crippen LogP contribution in [0.2, 0.25) is 0 Å². The minimum Gasteiger partial charge on any atom is -0.480 e. The molecule has 2 N–H and O–H groups in total. The number of hydrogen-bond donors (Lipinski definition) is 2. The van der Waals surface area contributed by atoms with Crippen molar-refractivity contribution in [3.8, 4) is 0 Å². The van der Waals surface area contributed by atoms with Crippen molar-refractivity contribution in [1.82, 2.24) is 10.2 Å². The molecule has 3 atom stereocenters.